The number of nitrogens with zero attached hydrogens (tertiary/aromatic N) is 1. The molecule has 2 aromatic rings. The Kier molecular flexibility index (Phi) is 6.62. The molecule has 2 heterocycles. The van der Waals surface area contributed by atoms with E-state index in [0.717, 1.165) is 32.7 Å². The average molecular weight is 359 g/mol. The molecule has 0 radical (unpaired) electrons. The fourth-order valence-corrected chi connectivity index (χ4v) is 3.83. The summed E-state index contributed by atoms with van der Waals surface area (Å²) in [7, 11) is 0. The first kappa shape index (κ1) is 18.1. The summed E-state index contributed by atoms with van der Waals surface area (Å²) in [6, 6.07) is 12.9. The van der Waals surface area contributed by atoms with Crippen LogP contribution in [0.2, 0.25) is 0 Å². The summed E-state index contributed by atoms with van der Waals surface area (Å²) in [4.78, 5) is 15.9. The van der Waals surface area contributed by atoms with Crippen molar-refractivity contribution in [2.75, 3.05) is 32.8 Å². The van der Waals surface area contributed by atoms with Crippen molar-refractivity contribution in [1.82, 2.24) is 10.2 Å². The molecule has 1 aliphatic heterocycles. The van der Waals surface area contributed by atoms with Gasteiger partial charge in [-0.15, -0.1) is 11.3 Å². The molecular formula is C20H26N2O2S. The van der Waals surface area contributed by atoms with Crippen molar-refractivity contribution in [1.29, 1.82) is 0 Å². The highest BCUT2D eigenvalue weighted by Gasteiger charge is 2.23. The lowest BCUT2D eigenvalue weighted by Crippen LogP contribution is -2.43. The van der Waals surface area contributed by atoms with Crippen LogP contribution < -0.4 is 5.32 Å². The first-order valence-corrected chi connectivity index (χ1v) is 9.78. The van der Waals surface area contributed by atoms with Crippen LogP contribution in [0, 0.1) is 6.92 Å². The van der Waals surface area contributed by atoms with Crippen molar-refractivity contribution in [2.24, 2.45) is 0 Å². The maximum Gasteiger partial charge on any atom is 0.220 e. The molecule has 1 fully saturated rings. The van der Waals surface area contributed by atoms with E-state index in [4.69, 9.17) is 4.74 Å². The topological polar surface area (TPSA) is 41.6 Å². The summed E-state index contributed by atoms with van der Waals surface area (Å²) < 4.78 is 5.48. The zero-order chi connectivity index (χ0) is 17.5. The van der Waals surface area contributed by atoms with E-state index >= 15 is 0 Å². The number of benzene rings is 1. The number of carbonyl (C=O) groups excluding carboxylic acids is 1. The van der Waals surface area contributed by atoms with Gasteiger partial charge in [-0.25, -0.2) is 0 Å². The number of hydrogen-bond acceptors (Lipinski definition) is 4. The molecule has 4 nitrogen and oxygen atoms in total. The first-order chi connectivity index (χ1) is 12.2. The molecule has 0 spiro atoms. The van der Waals surface area contributed by atoms with Crippen LogP contribution in [0.4, 0.5) is 0 Å². The third-order valence-corrected chi connectivity index (χ3v) is 5.56. The molecule has 134 valence electrons. The fourth-order valence-electron chi connectivity index (χ4n) is 3.13. The predicted octanol–water partition coefficient (Wildman–Crippen LogP) is 3.18. The largest absolute Gasteiger partial charge is 0.379 e. The number of carbonyl (C=O) groups is 1. The van der Waals surface area contributed by atoms with E-state index in [9.17, 15) is 4.79 Å². The number of rotatable bonds is 7. The summed E-state index contributed by atoms with van der Waals surface area (Å²) in [5, 5.41) is 5.19. The van der Waals surface area contributed by atoms with Crippen LogP contribution in [-0.2, 0) is 16.0 Å². The second-order valence-corrected chi connectivity index (χ2v) is 7.49. The highest BCUT2D eigenvalue weighted by molar-refractivity contribution is 7.09. The third kappa shape index (κ3) is 5.39. The molecule has 0 saturated carbocycles. The number of nitrogens with one attached hydrogen (secondary N) is 1. The van der Waals surface area contributed by atoms with Gasteiger partial charge in [0.05, 0.1) is 19.3 Å². The van der Waals surface area contributed by atoms with Gasteiger partial charge in [0.25, 0.3) is 0 Å². The molecule has 1 atom stereocenters. The summed E-state index contributed by atoms with van der Waals surface area (Å²) in [6.07, 6.45) is 1.36. The fraction of sp³-hybridized carbons (Fsp3) is 0.450. The SMILES string of the molecule is Cc1ccc(C(CNC(=O)CCc2cccs2)N2CCOCC2)cc1. The quantitative estimate of drug-likeness (QED) is 0.826. The molecule has 1 unspecified atom stereocenters. The Morgan fingerprint density at radius 1 is 1.24 bits per heavy atom. The summed E-state index contributed by atoms with van der Waals surface area (Å²) in [6.45, 7) is 6.07. The summed E-state index contributed by atoms with van der Waals surface area (Å²) in [5.74, 6) is 0.124. The predicted molar refractivity (Wildman–Crippen MR) is 102 cm³/mol. The molecule has 3 rings (SSSR count). The van der Waals surface area contributed by atoms with E-state index in [1.165, 1.54) is 16.0 Å². The zero-order valence-corrected chi connectivity index (χ0v) is 15.6. The molecule has 0 aliphatic carbocycles. The van der Waals surface area contributed by atoms with E-state index in [-0.39, 0.29) is 11.9 Å². The minimum atomic E-state index is 0.124. The number of ether oxygens (including phenoxy) is 1. The number of hydrogen-bond donors (Lipinski definition) is 1. The van der Waals surface area contributed by atoms with E-state index in [1.807, 2.05) is 6.07 Å². The lowest BCUT2D eigenvalue weighted by atomic mass is 10.0. The van der Waals surface area contributed by atoms with Gasteiger partial charge >= 0.3 is 0 Å². The van der Waals surface area contributed by atoms with E-state index in [2.05, 4.69) is 52.9 Å². The van der Waals surface area contributed by atoms with Crippen molar-refractivity contribution < 1.29 is 9.53 Å². The van der Waals surface area contributed by atoms with Gasteiger partial charge in [-0.1, -0.05) is 35.9 Å². The lowest BCUT2D eigenvalue weighted by Gasteiger charge is -2.35. The number of morpholine rings is 1. The molecule has 1 aromatic carbocycles. The van der Waals surface area contributed by atoms with Gasteiger partial charge < -0.3 is 10.1 Å². The molecule has 25 heavy (non-hydrogen) atoms. The molecule has 1 saturated heterocycles. The van der Waals surface area contributed by atoms with Crippen LogP contribution in [0.15, 0.2) is 41.8 Å². The van der Waals surface area contributed by atoms with E-state index < -0.39 is 0 Å². The Labute approximate surface area is 153 Å². The van der Waals surface area contributed by atoms with Crippen molar-refractivity contribution in [3.63, 3.8) is 0 Å². The Balaban J connectivity index is 1.58. The smallest absolute Gasteiger partial charge is 0.220 e. The number of amides is 1. The van der Waals surface area contributed by atoms with Gasteiger partial charge in [0.15, 0.2) is 0 Å². The number of thiophene rings is 1. The Bertz CT molecular complexity index is 649. The number of aryl methyl sites for hydroxylation is 2. The highest BCUT2D eigenvalue weighted by atomic mass is 32.1. The Morgan fingerprint density at radius 2 is 2.00 bits per heavy atom. The van der Waals surface area contributed by atoms with Crippen LogP contribution in [0.5, 0.6) is 0 Å². The monoisotopic (exact) mass is 358 g/mol. The maximum absolute atomic E-state index is 12.3. The van der Waals surface area contributed by atoms with Gasteiger partial charge in [-0.2, -0.15) is 0 Å². The van der Waals surface area contributed by atoms with E-state index in [1.54, 1.807) is 11.3 Å². The van der Waals surface area contributed by atoms with Gasteiger partial charge in [-0.05, 0) is 30.4 Å². The molecule has 1 N–H and O–H groups in total. The zero-order valence-electron chi connectivity index (χ0n) is 14.7. The first-order valence-electron chi connectivity index (χ1n) is 8.90. The second-order valence-electron chi connectivity index (χ2n) is 6.46. The van der Waals surface area contributed by atoms with Crippen LogP contribution >= 0.6 is 11.3 Å². The van der Waals surface area contributed by atoms with Gasteiger partial charge in [0, 0.05) is 30.9 Å². The van der Waals surface area contributed by atoms with Crippen LogP contribution in [0.1, 0.15) is 28.5 Å². The van der Waals surface area contributed by atoms with Gasteiger partial charge in [0.2, 0.25) is 5.91 Å². The lowest BCUT2D eigenvalue weighted by molar-refractivity contribution is -0.121. The molecule has 0 bridgehead atoms. The third-order valence-electron chi connectivity index (χ3n) is 4.62. The van der Waals surface area contributed by atoms with Crippen molar-refractivity contribution in [3.05, 3.63) is 57.8 Å². The summed E-state index contributed by atoms with van der Waals surface area (Å²) in [5.41, 5.74) is 2.51. The average Bonchev–Trinajstić information content (AvgIpc) is 3.16. The molecule has 1 aromatic heterocycles. The highest BCUT2D eigenvalue weighted by Crippen LogP contribution is 2.22. The Hall–Kier alpha value is -1.69. The summed E-state index contributed by atoms with van der Waals surface area (Å²) >= 11 is 1.71. The molecule has 5 heteroatoms. The molecular weight excluding hydrogens is 332 g/mol. The minimum Gasteiger partial charge on any atom is -0.379 e. The van der Waals surface area contributed by atoms with Gasteiger partial charge in [-0.3, -0.25) is 9.69 Å². The van der Waals surface area contributed by atoms with Crippen LogP contribution in [-0.4, -0.2) is 43.7 Å². The Morgan fingerprint density at radius 3 is 2.68 bits per heavy atom. The van der Waals surface area contributed by atoms with Crippen LogP contribution in [0.25, 0.3) is 0 Å². The van der Waals surface area contributed by atoms with Crippen LogP contribution in [0.3, 0.4) is 0 Å². The van der Waals surface area contributed by atoms with Crippen molar-refractivity contribution in [3.8, 4) is 0 Å². The maximum atomic E-state index is 12.3. The van der Waals surface area contributed by atoms with E-state index in [0.29, 0.717) is 13.0 Å². The molecule has 1 amide bonds. The molecule has 1 aliphatic rings. The second kappa shape index (κ2) is 9.13. The van der Waals surface area contributed by atoms with Crippen molar-refractivity contribution in [2.45, 2.75) is 25.8 Å². The minimum absolute atomic E-state index is 0.124. The van der Waals surface area contributed by atoms with Gasteiger partial charge in [0.1, 0.15) is 0 Å². The normalized spacial score (nSPS) is 16.5. The standard InChI is InChI=1S/C20H26N2O2S/c1-16-4-6-17(7-5-16)19(22-10-12-24-13-11-22)15-21-20(23)9-8-18-3-2-14-25-18/h2-7,14,19H,8-13,15H2,1H3,(H,21,23). The van der Waals surface area contributed by atoms with Crippen molar-refractivity contribution >= 4 is 17.2 Å².